The molecule has 0 aliphatic heterocycles. The lowest BCUT2D eigenvalue weighted by molar-refractivity contribution is 0.337. The third-order valence-corrected chi connectivity index (χ3v) is 3.82. The molecule has 0 saturated heterocycles. The molecule has 0 atom stereocenters. The summed E-state index contributed by atoms with van der Waals surface area (Å²) in [5.74, 6) is 0. The van der Waals surface area contributed by atoms with Crippen molar-refractivity contribution in [2.24, 2.45) is 0 Å². The fourth-order valence-electron chi connectivity index (χ4n) is 1.08. The van der Waals surface area contributed by atoms with E-state index in [0.29, 0.717) is 0 Å². The fourth-order valence-corrected chi connectivity index (χ4v) is 2.38. The summed E-state index contributed by atoms with van der Waals surface area (Å²) in [6, 6.07) is 8.06. The molecular formula is C10H12O3S. The standard InChI is InChI=1S/C10H12O3S/c1-2-9(8-11)14(12,13)10-6-4-3-5-7-10/h2-7,11H,8H2,1H3/b9-2-. The van der Waals surface area contributed by atoms with Gasteiger partial charge in [-0.2, -0.15) is 0 Å². The maximum Gasteiger partial charge on any atom is 0.204 e. The van der Waals surface area contributed by atoms with Crippen LogP contribution in [0.3, 0.4) is 0 Å². The second-order valence-electron chi connectivity index (χ2n) is 2.73. The van der Waals surface area contributed by atoms with E-state index in [4.69, 9.17) is 5.11 Å². The van der Waals surface area contributed by atoms with Crippen molar-refractivity contribution >= 4 is 9.84 Å². The predicted molar refractivity (Wildman–Crippen MR) is 54.5 cm³/mol. The Kier molecular flexibility index (Phi) is 3.43. The van der Waals surface area contributed by atoms with Gasteiger partial charge in [0.25, 0.3) is 0 Å². The molecule has 0 aromatic heterocycles. The topological polar surface area (TPSA) is 54.4 Å². The number of benzene rings is 1. The largest absolute Gasteiger partial charge is 0.391 e. The Labute approximate surface area is 83.6 Å². The highest BCUT2D eigenvalue weighted by molar-refractivity contribution is 7.95. The molecule has 0 heterocycles. The van der Waals surface area contributed by atoms with Crippen LogP contribution in [0.1, 0.15) is 6.92 Å². The van der Waals surface area contributed by atoms with E-state index in [-0.39, 0.29) is 9.80 Å². The Hall–Kier alpha value is -1.13. The van der Waals surface area contributed by atoms with Crippen LogP contribution in [-0.4, -0.2) is 20.1 Å². The summed E-state index contributed by atoms with van der Waals surface area (Å²) in [7, 11) is -3.49. The first-order chi connectivity index (χ1) is 6.62. The van der Waals surface area contributed by atoms with Crippen LogP contribution in [0.15, 0.2) is 46.2 Å². The highest BCUT2D eigenvalue weighted by Gasteiger charge is 2.18. The molecule has 0 bridgehead atoms. The van der Waals surface area contributed by atoms with Crippen LogP contribution in [0.25, 0.3) is 0 Å². The van der Waals surface area contributed by atoms with Crippen molar-refractivity contribution in [3.63, 3.8) is 0 Å². The molecule has 0 amide bonds. The van der Waals surface area contributed by atoms with Gasteiger partial charge < -0.3 is 5.11 Å². The Balaban J connectivity index is 3.23. The average Bonchev–Trinajstić information content (AvgIpc) is 2.20. The zero-order valence-electron chi connectivity index (χ0n) is 7.84. The summed E-state index contributed by atoms with van der Waals surface area (Å²) < 4.78 is 23.5. The number of rotatable bonds is 3. The third kappa shape index (κ3) is 2.02. The van der Waals surface area contributed by atoms with Crippen LogP contribution in [0, 0.1) is 0 Å². The van der Waals surface area contributed by atoms with E-state index in [0.717, 1.165) is 0 Å². The van der Waals surface area contributed by atoms with E-state index in [1.165, 1.54) is 18.2 Å². The molecule has 0 saturated carbocycles. The van der Waals surface area contributed by atoms with Crippen molar-refractivity contribution in [1.82, 2.24) is 0 Å². The molecule has 0 fully saturated rings. The molecule has 0 aliphatic carbocycles. The van der Waals surface area contributed by atoms with Gasteiger partial charge in [0, 0.05) is 0 Å². The first-order valence-electron chi connectivity index (χ1n) is 4.19. The Morgan fingerprint density at radius 2 is 1.93 bits per heavy atom. The zero-order valence-corrected chi connectivity index (χ0v) is 8.66. The average molecular weight is 212 g/mol. The normalized spacial score (nSPS) is 12.9. The Morgan fingerprint density at radius 3 is 2.36 bits per heavy atom. The molecule has 76 valence electrons. The van der Waals surface area contributed by atoms with Gasteiger partial charge in [0.2, 0.25) is 9.84 Å². The molecule has 14 heavy (non-hydrogen) atoms. The molecular weight excluding hydrogens is 200 g/mol. The van der Waals surface area contributed by atoms with Gasteiger partial charge >= 0.3 is 0 Å². The molecule has 1 rings (SSSR count). The molecule has 0 radical (unpaired) electrons. The minimum atomic E-state index is -3.49. The number of aliphatic hydroxyl groups excluding tert-OH is 1. The highest BCUT2D eigenvalue weighted by atomic mass is 32.2. The molecule has 4 heteroatoms. The summed E-state index contributed by atoms with van der Waals surface area (Å²) in [6.07, 6.45) is 1.41. The SMILES string of the molecule is C/C=C(/CO)S(=O)(=O)c1ccccc1. The highest BCUT2D eigenvalue weighted by Crippen LogP contribution is 2.17. The van der Waals surface area contributed by atoms with E-state index >= 15 is 0 Å². The molecule has 1 aromatic carbocycles. The third-order valence-electron chi connectivity index (χ3n) is 1.88. The van der Waals surface area contributed by atoms with Gasteiger partial charge in [-0.25, -0.2) is 8.42 Å². The van der Waals surface area contributed by atoms with E-state index in [1.807, 2.05) is 0 Å². The number of hydrogen-bond donors (Lipinski definition) is 1. The molecule has 0 aliphatic rings. The van der Waals surface area contributed by atoms with Gasteiger partial charge in [0.15, 0.2) is 0 Å². The van der Waals surface area contributed by atoms with Crippen molar-refractivity contribution < 1.29 is 13.5 Å². The Morgan fingerprint density at radius 1 is 1.36 bits per heavy atom. The van der Waals surface area contributed by atoms with Crippen LogP contribution in [0.4, 0.5) is 0 Å². The quantitative estimate of drug-likeness (QED) is 0.823. The van der Waals surface area contributed by atoms with Crippen LogP contribution >= 0.6 is 0 Å². The van der Waals surface area contributed by atoms with E-state index in [2.05, 4.69) is 0 Å². The molecule has 3 nitrogen and oxygen atoms in total. The monoisotopic (exact) mass is 212 g/mol. The van der Waals surface area contributed by atoms with Crippen LogP contribution < -0.4 is 0 Å². The van der Waals surface area contributed by atoms with Crippen molar-refractivity contribution in [1.29, 1.82) is 0 Å². The van der Waals surface area contributed by atoms with Gasteiger partial charge in [-0.15, -0.1) is 0 Å². The fraction of sp³-hybridized carbons (Fsp3) is 0.200. The van der Waals surface area contributed by atoms with E-state index in [9.17, 15) is 8.42 Å². The van der Waals surface area contributed by atoms with Crippen molar-refractivity contribution in [2.45, 2.75) is 11.8 Å². The lowest BCUT2D eigenvalue weighted by atomic mass is 10.4. The number of aliphatic hydroxyl groups is 1. The summed E-state index contributed by atoms with van der Waals surface area (Å²) in [5.41, 5.74) is 0. The lowest BCUT2D eigenvalue weighted by Crippen LogP contribution is -2.07. The maximum atomic E-state index is 11.8. The Bertz CT molecular complexity index is 418. The van der Waals surface area contributed by atoms with Gasteiger partial charge in [-0.05, 0) is 19.1 Å². The first-order valence-corrected chi connectivity index (χ1v) is 5.67. The van der Waals surface area contributed by atoms with Crippen molar-refractivity contribution in [3.8, 4) is 0 Å². The van der Waals surface area contributed by atoms with Gasteiger partial charge in [0.1, 0.15) is 0 Å². The number of sulfone groups is 1. The van der Waals surface area contributed by atoms with Crippen LogP contribution in [0.2, 0.25) is 0 Å². The van der Waals surface area contributed by atoms with Gasteiger partial charge in [0.05, 0.1) is 16.4 Å². The minimum absolute atomic E-state index is 0.0312. The summed E-state index contributed by atoms with van der Waals surface area (Å²) in [6.45, 7) is 1.12. The predicted octanol–water partition coefficient (Wildman–Crippen LogP) is 1.36. The number of hydrogen-bond acceptors (Lipinski definition) is 3. The second-order valence-corrected chi connectivity index (χ2v) is 4.73. The summed E-state index contributed by atoms with van der Waals surface area (Å²) in [5, 5.41) is 8.88. The summed E-state index contributed by atoms with van der Waals surface area (Å²) >= 11 is 0. The zero-order chi connectivity index (χ0) is 10.6. The minimum Gasteiger partial charge on any atom is -0.391 e. The summed E-state index contributed by atoms with van der Waals surface area (Å²) in [4.78, 5) is 0.242. The van der Waals surface area contributed by atoms with E-state index < -0.39 is 16.4 Å². The lowest BCUT2D eigenvalue weighted by Gasteiger charge is -2.05. The smallest absolute Gasteiger partial charge is 0.204 e. The second kappa shape index (κ2) is 4.39. The van der Waals surface area contributed by atoms with Gasteiger partial charge in [-0.1, -0.05) is 24.3 Å². The molecule has 1 N–H and O–H groups in total. The molecule has 0 spiro atoms. The molecule has 0 unspecified atom stereocenters. The van der Waals surface area contributed by atoms with Crippen LogP contribution in [0.5, 0.6) is 0 Å². The van der Waals surface area contributed by atoms with Gasteiger partial charge in [-0.3, -0.25) is 0 Å². The van der Waals surface area contributed by atoms with Crippen LogP contribution in [-0.2, 0) is 9.84 Å². The maximum absolute atomic E-state index is 11.8. The number of allylic oxidation sites excluding steroid dienone is 1. The van der Waals surface area contributed by atoms with E-state index in [1.54, 1.807) is 25.1 Å². The van der Waals surface area contributed by atoms with Crippen molar-refractivity contribution in [3.05, 3.63) is 41.3 Å². The molecule has 1 aromatic rings. The first kappa shape index (κ1) is 10.9. The van der Waals surface area contributed by atoms with Crippen molar-refractivity contribution in [2.75, 3.05) is 6.61 Å².